The normalized spacial score (nSPS) is 16.5. The van der Waals surface area contributed by atoms with Crippen molar-refractivity contribution in [1.82, 2.24) is 0 Å². The van der Waals surface area contributed by atoms with Crippen molar-refractivity contribution < 1.29 is 9.18 Å². The Bertz CT molecular complexity index is 653. The molecule has 0 aromatic heterocycles. The van der Waals surface area contributed by atoms with E-state index in [1.165, 1.54) is 12.1 Å². The number of Topliss-reactive ketones (excluding diaryl/α,β-unsaturated/α-hetero) is 1. The van der Waals surface area contributed by atoms with Crippen LogP contribution in [0.1, 0.15) is 27.9 Å². The van der Waals surface area contributed by atoms with E-state index in [1.807, 2.05) is 30.3 Å². The third kappa shape index (κ3) is 2.34. The van der Waals surface area contributed by atoms with Crippen LogP contribution in [0, 0.1) is 5.82 Å². The van der Waals surface area contributed by atoms with Gasteiger partial charge in [0, 0.05) is 11.1 Å². The average Bonchev–Trinajstić information content (AvgIpc) is 2.45. The third-order valence-corrected chi connectivity index (χ3v) is 3.43. The quantitative estimate of drug-likeness (QED) is 0.700. The number of carbonyl (C=O) groups excluding carboxylic acids is 1. The van der Waals surface area contributed by atoms with Crippen molar-refractivity contribution in [1.29, 1.82) is 0 Å². The summed E-state index contributed by atoms with van der Waals surface area (Å²) < 4.78 is 12.9. The molecule has 94 valence electrons. The van der Waals surface area contributed by atoms with Crippen LogP contribution in [0.15, 0.2) is 54.1 Å². The van der Waals surface area contributed by atoms with Gasteiger partial charge in [-0.1, -0.05) is 36.4 Å². The van der Waals surface area contributed by atoms with Gasteiger partial charge in [0.05, 0.1) is 0 Å². The van der Waals surface area contributed by atoms with Gasteiger partial charge >= 0.3 is 0 Å². The van der Waals surface area contributed by atoms with E-state index in [4.69, 9.17) is 0 Å². The Morgan fingerprint density at radius 1 is 0.947 bits per heavy atom. The van der Waals surface area contributed by atoms with E-state index in [2.05, 4.69) is 0 Å². The number of carbonyl (C=O) groups is 1. The second kappa shape index (κ2) is 4.81. The molecule has 0 fully saturated rings. The molecule has 0 bridgehead atoms. The number of hydrogen-bond donors (Lipinski definition) is 0. The molecule has 19 heavy (non-hydrogen) atoms. The molecule has 0 N–H and O–H groups in total. The first-order chi connectivity index (χ1) is 9.24. The molecule has 0 saturated heterocycles. The van der Waals surface area contributed by atoms with Gasteiger partial charge in [-0.05, 0) is 42.2 Å². The minimum absolute atomic E-state index is 0.0891. The van der Waals surface area contributed by atoms with Gasteiger partial charge in [0.1, 0.15) is 5.82 Å². The van der Waals surface area contributed by atoms with Crippen LogP contribution >= 0.6 is 0 Å². The first-order valence-electron chi connectivity index (χ1n) is 6.33. The Morgan fingerprint density at radius 3 is 2.47 bits per heavy atom. The van der Waals surface area contributed by atoms with Crippen LogP contribution in [0.3, 0.4) is 0 Å². The fourth-order valence-electron chi connectivity index (χ4n) is 2.41. The van der Waals surface area contributed by atoms with Crippen LogP contribution in [0.4, 0.5) is 4.39 Å². The van der Waals surface area contributed by atoms with E-state index >= 15 is 0 Å². The van der Waals surface area contributed by atoms with Crippen molar-refractivity contribution in [2.75, 3.05) is 0 Å². The molecule has 0 aliphatic heterocycles. The van der Waals surface area contributed by atoms with E-state index < -0.39 is 0 Å². The predicted molar refractivity (Wildman–Crippen MR) is 73.5 cm³/mol. The standard InChI is InChI=1S/C17H13FO/c18-15-9-5-12(6-10-15)11-14-8-7-13-3-1-2-4-16(13)17(14)19/h1-6,9-11H,7-8H2/b14-11+. The smallest absolute Gasteiger partial charge is 0.189 e. The maximum Gasteiger partial charge on any atom is 0.189 e. The molecule has 0 saturated carbocycles. The lowest BCUT2D eigenvalue weighted by Crippen LogP contribution is -2.13. The molecule has 2 aromatic carbocycles. The van der Waals surface area contributed by atoms with Gasteiger partial charge in [0.2, 0.25) is 0 Å². The Labute approximate surface area is 111 Å². The van der Waals surface area contributed by atoms with Crippen molar-refractivity contribution in [3.05, 3.63) is 76.6 Å². The van der Waals surface area contributed by atoms with Crippen LogP contribution in [-0.2, 0) is 6.42 Å². The molecule has 1 nitrogen and oxygen atoms in total. The molecule has 2 aromatic rings. The molecule has 0 amide bonds. The fraction of sp³-hybridized carbons (Fsp3) is 0.118. The maximum absolute atomic E-state index is 12.9. The number of aryl methyl sites for hydroxylation is 1. The van der Waals surface area contributed by atoms with Gasteiger partial charge in [0.25, 0.3) is 0 Å². The van der Waals surface area contributed by atoms with Crippen LogP contribution in [0.5, 0.6) is 0 Å². The molecule has 2 heteroatoms. The monoisotopic (exact) mass is 252 g/mol. The van der Waals surface area contributed by atoms with Crippen molar-refractivity contribution >= 4 is 11.9 Å². The number of benzene rings is 2. The number of ketones is 1. The highest BCUT2D eigenvalue weighted by molar-refractivity contribution is 6.13. The minimum Gasteiger partial charge on any atom is -0.289 e. The Balaban J connectivity index is 1.96. The molecule has 0 heterocycles. The molecule has 0 radical (unpaired) electrons. The molecule has 1 aliphatic rings. The number of halogens is 1. The largest absolute Gasteiger partial charge is 0.289 e. The van der Waals surface area contributed by atoms with E-state index in [-0.39, 0.29) is 11.6 Å². The van der Waals surface area contributed by atoms with Gasteiger partial charge < -0.3 is 0 Å². The van der Waals surface area contributed by atoms with Crippen molar-refractivity contribution in [3.8, 4) is 0 Å². The van der Waals surface area contributed by atoms with Crippen molar-refractivity contribution in [2.45, 2.75) is 12.8 Å². The van der Waals surface area contributed by atoms with E-state index in [0.717, 1.165) is 35.1 Å². The summed E-state index contributed by atoms with van der Waals surface area (Å²) in [4.78, 5) is 12.3. The molecular formula is C17H13FO. The van der Waals surface area contributed by atoms with Gasteiger partial charge in [-0.25, -0.2) is 4.39 Å². The van der Waals surface area contributed by atoms with E-state index in [1.54, 1.807) is 12.1 Å². The number of fused-ring (bicyclic) bond motifs is 1. The summed E-state index contributed by atoms with van der Waals surface area (Å²) in [6.45, 7) is 0. The zero-order valence-electron chi connectivity index (χ0n) is 10.4. The van der Waals surface area contributed by atoms with E-state index in [0.29, 0.717) is 0 Å². The summed E-state index contributed by atoms with van der Waals surface area (Å²) in [5, 5.41) is 0. The SMILES string of the molecule is O=C1/C(=C/c2ccc(F)cc2)CCc2ccccc21. The minimum atomic E-state index is -0.262. The second-order valence-corrected chi connectivity index (χ2v) is 4.71. The first kappa shape index (κ1) is 11.8. The topological polar surface area (TPSA) is 17.1 Å². The second-order valence-electron chi connectivity index (χ2n) is 4.71. The van der Waals surface area contributed by atoms with Crippen LogP contribution in [0.2, 0.25) is 0 Å². The average molecular weight is 252 g/mol. The summed E-state index contributed by atoms with van der Waals surface area (Å²) >= 11 is 0. The number of hydrogen-bond acceptors (Lipinski definition) is 1. The molecule has 0 spiro atoms. The highest BCUT2D eigenvalue weighted by Gasteiger charge is 2.20. The van der Waals surface area contributed by atoms with Gasteiger partial charge in [-0.2, -0.15) is 0 Å². The van der Waals surface area contributed by atoms with E-state index in [9.17, 15) is 9.18 Å². The molecule has 1 aliphatic carbocycles. The van der Waals surface area contributed by atoms with Gasteiger partial charge in [0.15, 0.2) is 5.78 Å². The Kier molecular flexibility index (Phi) is 3.00. The van der Waals surface area contributed by atoms with Crippen LogP contribution < -0.4 is 0 Å². The summed E-state index contributed by atoms with van der Waals surface area (Å²) in [5.41, 5.74) is 3.57. The zero-order valence-corrected chi connectivity index (χ0v) is 10.4. The zero-order chi connectivity index (χ0) is 13.2. The predicted octanol–water partition coefficient (Wildman–Crippen LogP) is 4.04. The molecule has 3 rings (SSSR count). The molecule has 0 unspecified atom stereocenters. The summed E-state index contributed by atoms with van der Waals surface area (Å²) in [6.07, 6.45) is 3.49. The fourth-order valence-corrected chi connectivity index (χ4v) is 2.41. The summed E-state index contributed by atoms with van der Waals surface area (Å²) in [7, 11) is 0. The lowest BCUT2D eigenvalue weighted by Gasteiger charge is -2.17. The van der Waals surface area contributed by atoms with Crippen LogP contribution in [-0.4, -0.2) is 5.78 Å². The third-order valence-electron chi connectivity index (χ3n) is 3.43. The molecule has 0 atom stereocenters. The Morgan fingerprint density at radius 2 is 1.68 bits per heavy atom. The molecular weight excluding hydrogens is 239 g/mol. The number of allylic oxidation sites excluding steroid dienone is 1. The van der Waals surface area contributed by atoms with Crippen molar-refractivity contribution in [2.24, 2.45) is 0 Å². The maximum atomic E-state index is 12.9. The Hall–Kier alpha value is -2.22. The lowest BCUT2D eigenvalue weighted by molar-refractivity contribution is 0.102. The first-order valence-corrected chi connectivity index (χ1v) is 6.33. The van der Waals surface area contributed by atoms with Crippen LogP contribution in [0.25, 0.3) is 6.08 Å². The summed E-state index contributed by atoms with van der Waals surface area (Å²) in [5.74, 6) is -0.173. The number of rotatable bonds is 1. The summed E-state index contributed by atoms with van der Waals surface area (Å²) in [6, 6.07) is 13.9. The van der Waals surface area contributed by atoms with Crippen molar-refractivity contribution in [3.63, 3.8) is 0 Å². The highest BCUT2D eigenvalue weighted by Crippen LogP contribution is 2.26. The van der Waals surface area contributed by atoms with Gasteiger partial charge in [-0.3, -0.25) is 4.79 Å². The lowest BCUT2D eigenvalue weighted by atomic mass is 9.86. The van der Waals surface area contributed by atoms with Gasteiger partial charge in [-0.15, -0.1) is 0 Å². The highest BCUT2D eigenvalue weighted by atomic mass is 19.1.